The van der Waals surface area contributed by atoms with Crippen LogP contribution >= 0.6 is 11.8 Å². The zero-order valence-corrected chi connectivity index (χ0v) is 20.4. The molecule has 0 aliphatic rings. The highest BCUT2D eigenvalue weighted by molar-refractivity contribution is 7.98. The van der Waals surface area contributed by atoms with Gasteiger partial charge in [-0.3, -0.25) is 4.79 Å². The molecule has 3 aromatic rings. The van der Waals surface area contributed by atoms with E-state index in [2.05, 4.69) is 56.1 Å². The molecule has 6 heteroatoms. The molecule has 0 saturated carbocycles. The number of carbonyl (C=O) groups is 1. The van der Waals surface area contributed by atoms with Gasteiger partial charge in [0.15, 0.2) is 5.16 Å². The lowest BCUT2D eigenvalue weighted by atomic mass is 10.1. The molecule has 32 heavy (non-hydrogen) atoms. The van der Waals surface area contributed by atoms with Gasteiger partial charge in [0.05, 0.1) is 0 Å². The molecule has 0 atom stereocenters. The van der Waals surface area contributed by atoms with Crippen LogP contribution in [0.2, 0.25) is 0 Å². The van der Waals surface area contributed by atoms with Crippen molar-refractivity contribution in [2.75, 3.05) is 25.5 Å². The van der Waals surface area contributed by atoms with Crippen molar-refractivity contribution in [3.8, 4) is 0 Å². The predicted octanol–water partition coefficient (Wildman–Crippen LogP) is 5.62. The van der Waals surface area contributed by atoms with E-state index < -0.39 is 0 Å². The van der Waals surface area contributed by atoms with E-state index in [1.165, 1.54) is 5.56 Å². The summed E-state index contributed by atoms with van der Waals surface area (Å²) in [6.07, 6.45) is 0. The van der Waals surface area contributed by atoms with Crippen molar-refractivity contribution in [3.05, 3.63) is 83.0 Å². The highest BCUT2D eigenvalue weighted by Gasteiger charge is 2.13. The minimum Gasteiger partial charge on any atom is -0.355 e. The Balaban J connectivity index is 1.72. The van der Waals surface area contributed by atoms with Crippen LogP contribution in [0.4, 0.5) is 5.82 Å². The lowest BCUT2D eigenvalue weighted by molar-refractivity contribution is 0.0802. The van der Waals surface area contributed by atoms with Crippen LogP contribution in [0.3, 0.4) is 0 Å². The zero-order chi connectivity index (χ0) is 23.1. The van der Waals surface area contributed by atoms with Crippen molar-refractivity contribution in [2.45, 2.75) is 44.1 Å². The van der Waals surface area contributed by atoms with E-state index in [9.17, 15) is 4.79 Å². The molecular weight excluding hydrogens is 416 g/mol. The van der Waals surface area contributed by atoms with Crippen LogP contribution < -0.4 is 4.90 Å². The van der Waals surface area contributed by atoms with E-state index in [-0.39, 0.29) is 5.91 Å². The Bertz CT molecular complexity index is 1020. The molecule has 168 valence electrons. The Kier molecular flexibility index (Phi) is 8.28. The Hall–Kier alpha value is -2.86. The van der Waals surface area contributed by atoms with Crippen molar-refractivity contribution in [1.29, 1.82) is 0 Å². The summed E-state index contributed by atoms with van der Waals surface area (Å²) < 4.78 is 0. The van der Waals surface area contributed by atoms with E-state index in [1.807, 2.05) is 44.3 Å². The largest absolute Gasteiger partial charge is 0.355 e. The van der Waals surface area contributed by atoms with Gasteiger partial charge in [0.25, 0.3) is 5.91 Å². The fourth-order valence-corrected chi connectivity index (χ4v) is 4.00. The van der Waals surface area contributed by atoms with E-state index >= 15 is 0 Å². The van der Waals surface area contributed by atoms with Crippen LogP contribution in [0, 0.1) is 0 Å². The van der Waals surface area contributed by atoms with Crippen LogP contribution in [-0.4, -0.2) is 41.4 Å². The molecule has 1 aromatic heterocycles. The van der Waals surface area contributed by atoms with E-state index in [0.29, 0.717) is 18.0 Å². The van der Waals surface area contributed by atoms with Crippen LogP contribution in [0.5, 0.6) is 0 Å². The summed E-state index contributed by atoms with van der Waals surface area (Å²) in [5, 5.41) is 0.775. The third-order valence-corrected chi connectivity index (χ3v) is 6.27. The van der Waals surface area contributed by atoms with Crippen molar-refractivity contribution in [3.63, 3.8) is 0 Å². The molecule has 0 bridgehead atoms. The molecule has 0 fully saturated rings. The maximum Gasteiger partial charge on any atom is 0.253 e. The SMILES string of the molecule is CCN(C)C(=O)c1ccc(CSc2nc(C(C)C)cc(N(C)Cc3ccccc3)n2)cc1. The molecule has 2 aromatic carbocycles. The number of aromatic nitrogens is 2. The molecule has 1 heterocycles. The number of anilines is 1. The lowest BCUT2D eigenvalue weighted by Gasteiger charge is -2.20. The predicted molar refractivity (Wildman–Crippen MR) is 133 cm³/mol. The first-order valence-electron chi connectivity index (χ1n) is 11.0. The van der Waals surface area contributed by atoms with Gasteiger partial charge in [-0.15, -0.1) is 0 Å². The normalized spacial score (nSPS) is 10.9. The average Bonchev–Trinajstić information content (AvgIpc) is 2.82. The maximum absolute atomic E-state index is 12.3. The summed E-state index contributed by atoms with van der Waals surface area (Å²) in [4.78, 5) is 25.8. The Labute approximate surface area is 195 Å². The van der Waals surface area contributed by atoms with Gasteiger partial charge in [-0.25, -0.2) is 9.97 Å². The lowest BCUT2D eigenvalue weighted by Crippen LogP contribution is -2.26. The van der Waals surface area contributed by atoms with E-state index in [1.54, 1.807) is 16.7 Å². The number of rotatable bonds is 9. The van der Waals surface area contributed by atoms with Crippen molar-refractivity contribution < 1.29 is 4.79 Å². The average molecular weight is 449 g/mol. The number of carbonyl (C=O) groups excluding carboxylic acids is 1. The molecule has 3 rings (SSSR count). The summed E-state index contributed by atoms with van der Waals surface area (Å²) in [6.45, 7) is 7.77. The quantitative estimate of drug-likeness (QED) is 0.314. The molecule has 5 nitrogen and oxygen atoms in total. The fraction of sp³-hybridized carbons (Fsp3) is 0.346. The number of nitrogens with zero attached hydrogens (tertiary/aromatic N) is 4. The summed E-state index contributed by atoms with van der Waals surface area (Å²) in [5.74, 6) is 2.05. The standard InChI is InChI=1S/C26H32N4OS/c1-6-29(4)25(31)22-14-12-21(13-15-22)18-32-26-27-23(19(2)3)16-24(28-26)30(5)17-20-10-8-7-9-11-20/h7-16,19H,6,17-18H2,1-5H3. The van der Waals surface area contributed by atoms with Gasteiger partial charge in [0.2, 0.25) is 0 Å². The summed E-state index contributed by atoms with van der Waals surface area (Å²) in [5.41, 5.74) is 4.15. The van der Waals surface area contributed by atoms with Gasteiger partial charge in [-0.1, -0.05) is 68.1 Å². The number of benzene rings is 2. The number of hydrogen-bond donors (Lipinski definition) is 0. The van der Waals surface area contributed by atoms with Crippen LogP contribution in [0.25, 0.3) is 0 Å². The first kappa shape index (κ1) is 23.8. The Morgan fingerprint density at radius 2 is 1.66 bits per heavy atom. The van der Waals surface area contributed by atoms with Gasteiger partial charge >= 0.3 is 0 Å². The molecule has 1 amide bonds. The highest BCUT2D eigenvalue weighted by atomic mass is 32.2. The highest BCUT2D eigenvalue weighted by Crippen LogP contribution is 2.26. The second-order valence-electron chi connectivity index (χ2n) is 8.23. The van der Waals surface area contributed by atoms with Crippen molar-refractivity contribution in [2.24, 2.45) is 0 Å². The molecule has 0 unspecified atom stereocenters. The molecule has 0 saturated heterocycles. The van der Waals surface area contributed by atoms with E-state index in [0.717, 1.165) is 34.5 Å². The smallest absolute Gasteiger partial charge is 0.253 e. The van der Waals surface area contributed by atoms with Gasteiger partial charge in [0, 0.05) is 50.3 Å². The molecule has 0 aliphatic carbocycles. The minimum absolute atomic E-state index is 0.0470. The van der Waals surface area contributed by atoms with Gasteiger partial charge in [-0.05, 0) is 36.1 Å². The second kappa shape index (κ2) is 11.1. The van der Waals surface area contributed by atoms with Gasteiger partial charge in [0.1, 0.15) is 5.82 Å². The number of hydrogen-bond acceptors (Lipinski definition) is 5. The molecule has 0 spiro atoms. The second-order valence-corrected chi connectivity index (χ2v) is 9.18. The summed E-state index contributed by atoms with van der Waals surface area (Å²) >= 11 is 1.62. The Morgan fingerprint density at radius 3 is 2.28 bits per heavy atom. The first-order valence-corrected chi connectivity index (χ1v) is 12.0. The van der Waals surface area contributed by atoms with Crippen LogP contribution in [0.15, 0.2) is 65.8 Å². The zero-order valence-electron chi connectivity index (χ0n) is 19.6. The Morgan fingerprint density at radius 1 is 0.969 bits per heavy atom. The molecular formula is C26H32N4OS. The summed E-state index contributed by atoms with van der Waals surface area (Å²) in [6, 6.07) is 20.3. The molecule has 0 radical (unpaired) electrons. The topological polar surface area (TPSA) is 49.3 Å². The molecule has 0 N–H and O–H groups in total. The monoisotopic (exact) mass is 448 g/mol. The third kappa shape index (κ3) is 6.33. The van der Waals surface area contributed by atoms with Gasteiger partial charge < -0.3 is 9.80 Å². The summed E-state index contributed by atoms with van der Waals surface area (Å²) in [7, 11) is 3.88. The van der Waals surface area contributed by atoms with Crippen molar-refractivity contribution in [1.82, 2.24) is 14.9 Å². The molecule has 0 aliphatic heterocycles. The fourth-order valence-electron chi connectivity index (χ4n) is 3.18. The van der Waals surface area contributed by atoms with Crippen LogP contribution in [-0.2, 0) is 12.3 Å². The third-order valence-electron chi connectivity index (χ3n) is 5.35. The number of thioether (sulfide) groups is 1. The van der Waals surface area contributed by atoms with Crippen LogP contribution in [0.1, 0.15) is 53.9 Å². The van der Waals surface area contributed by atoms with E-state index in [4.69, 9.17) is 9.97 Å². The van der Waals surface area contributed by atoms with Crippen molar-refractivity contribution >= 4 is 23.5 Å². The van der Waals surface area contributed by atoms with Gasteiger partial charge in [-0.2, -0.15) is 0 Å². The minimum atomic E-state index is 0.0470. The number of amides is 1. The first-order chi connectivity index (χ1) is 15.4. The maximum atomic E-state index is 12.3.